The van der Waals surface area contributed by atoms with Gasteiger partial charge in [0.25, 0.3) is 0 Å². The Morgan fingerprint density at radius 2 is 1.52 bits per heavy atom. The predicted molar refractivity (Wildman–Crippen MR) is 106 cm³/mol. The maximum atomic E-state index is 12.6. The molecule has 2 aromatic rings. The van der Waals surface area contributed by atoms with Gasteiger partial charge in [-0.05, 0) is 31.2 Å². The van der Waals surface area contributed by atoms with Crippen LogP contribution in [0.15, 0.2) is 60.7 Å². The summed E-state index contributed by atoms with van der Waals surface area (Å²) in [4.78, 5) is 27.0. The van der Waals surface area contributed by atoms with Gasteiger partial charge in [0.1, 0.15) is 0 Å². The molecule has 0 bridgehead atoms. The summed E-state index contributed by atoms with van der Waals surface area (Å²) in [7, 11) is 0. The molecule has 0 aromatic heterocycles. The second-order valence-electron chi connectivity index (χ2n) is 7.80. The fourth-order valence-corrected chi connectivity index (χ4v) is 4.05. The number of carbonyl (C=O) groups is 2. The molecule has 0 radical (unpaired) electrons. The van der Waals surface area contributed by atoms with E-state index >= 15 is 0 Å². The molecule has 0 atom stereocenters. The highest BCUT2D eigenvalue weighted by Crippen LogP contribution is 2.47. The first kappa shape index (κ1) is 17.8. The third kappa shape index (κ3) is 3.90. The van der Waals surface area contributed by atoms with Gasteiger partial charge in [-0.15, -0.1) is 0 Å². The number of piperidine rings is 1. The van der Waals surface area contributed by atoms with Crippen LogP contribution >= 0.6 is 0 Å². The van der Waals surface area contributed by atoms with Gasteiger partial charge in [-0.3, -0.25) is 4.79 Å². The van der Waals surface area contributed by atoms with Gasteiger partial charge in [-0.25, -0.2) is 4.79 Å². The van der Waals surface area contributed by atoms with Crippen molar-refractivity contribution < 1.29 is 9.59 Å². The Labute approximate surface area is 160 Å². The van der Waals surface area contributed by atoms with Gasteiger partial charge < -0.3 is 10.2 Å². The highest BCUT2D eigenvalue weighted by molar-refractivity contribution is 5.98. The fourth-order valence-electron chi connectivity index (χ4n) is 4.05. The van der Waals surface area contributed by atoms with Gasteiger partial charge >= 0.3 is 6.03 Å². The normalized spacial score (nSPS) is 18.7. The number of carbonyl (C=O) groups excluding carboxylic acids is 2. The molecule has 1 saturated carbocycles. The topological polar surface area (TPSA) is 49.4 Å². The van der Waals surface area contributed by atoms with Gasteiger partial charge in [-0.1, -0.05) is 60.7 Å². The van der Waals surface area contributed by atoms with Crippen LogP contribution in [0.3, 0.4) is 0 Å². The highest BCUT2D eigenvalue weighted by Gasteiger charge is 2.44. The van der Waals surface area contributed by atoms with Crippen LogP contribution in [0, 0.1) is 5.92 Å². The molecule has 27 heavy (non-hydrogen) atoms. The summed E-state index contributed by atoms with van der Waals surface area (Å²) in [6, 6.07) is 19.9. The number of rotatable bonds is 5. The zero-order chi connectivity index (χ0) is 18.7. The quantitative estimate of drug-likeness (QED) is 0.817. The second-order valence-corrected chi connectivity index (χ2v) is 7.80. The summed E-state index contributed by atoms with van der Waals surface area (Å²) < 4.78 is 0. The zero-order valence-corrected chi connectivity index (χ0v) is 15.6. The summed E-state index contributed by atoms with van der Waals surface area (Å²) in [6.07, 6.45) is 3.74. The third-order valence-electron chi connectivity index (χ3n) is 6.03. The minimum Gasteiger partial charge on any atom is -0.337 e. The Morgan fingerprint density at radius 1 is 0.926 bits per heavy atom. The maximum Gasteiger partial charge on any atom is 0.317 e. The van der Waals surface area contributed by atoms with Gasteiger partial charge in [0.05, 0.1) is 0 Å². The van der Waals surface area contributed by atoms with E-state index in [0.29, 0.717) is 19.6 Å². The van der Waals surface area contributed by atoms with Crippen molar-refractivity contribution in [3.8, 4) is 0 Å². The molecule has 0 unspecified atom stereocenters. The van der Waals surface area contributed by atoms with E-state index in [0.717, 1.165) is 31.2 Å². The Balaban J connectivity index is 1.27. The monoisotopic (exact) mass is 362 g/mol. The Bertz CT molecular complexity index is 792. The molecular formula is C23H26N2O2. The lowest BCUT2D eigenvalue weighted by molar-refractivity contribution is 0.0854. The molecule has 2 aromatic carbocycles. The molecule has 2 amide bonds. The number of nitrogens with one attached hydrogen (secondary N) is 1. The molecule has 4 nitrogen and oxygen atoms in total. The van der Waals surface area contributed by atoms with Crippen LogP contribution in [0.5, 0.6) is 0 Å². The van der Waals surface area contributed by atoms with Gasteiger partial charge in [0.2, 0.25) is 0 Å². The summed E-state index contributed by atoms with van der Waals surface area (Å²) >= 11 is 0. The first-order chi connectivity index (χ1) is 13.2. The molecule has 4 heteroatoms. The number of ketones is 1. The lowest BCUT2D eigenvalue weighted by atomic mass is 9.89. The standard InChI is InChI=1S/C23H26N2O2/c26-21(18-7-3-1-4-8-18)19-11-15-25(16-12-19)22(27)24-17-23(13-14-23)20-9-5-2-6-10-20/h1-10,19H,11-17H2,(H,24,27). The van der Waals surface area contributed by atoms with Crippen molar-refractivity contribution in [3.05, 3.63) is 71.8 Å². The van der Waals surface area contributed by atoms with Gasteiger partial charge in [-0.2, -0.15) is 0 Å². The highest BCUT2D eigenvalue weighted by atomic mass is 16.2. The van der Waals surface area contributed by atoms with Crippen molar-refractivity contribution in [2.45, 2.75) is 31.1 Å². The maximum absolute atomic E-state index is 12.6. The zero-order valence-electron chi connectivity index (χ0n) is 15.6. The molecule has 0 spiro atoms. The molecule has 1 aliphatic carbocycles. The van der Waals surface area contributed by atoms with E-state index in [1.54, 1.807) is 0 Å². The molecule has 2 fully saturated rings. The number of benzene rings is 2. The van der Waals surface area contributed by atoms with Crippen LogP contribution in [-0.2, 0) is 5.41 Å². The lowest BCUT2D eigenvalue weighted by Crippen LogP contribution is -2.47. The summed E-state index contributed by atoms with van der Waals surface area (Å²) in [6.45, 7) is 1.99. The summed E-state index contributed by atoms with van der Waals surface area (Å²) in [5, 5.41) is 3.13. The van der Waals surface area contributed by atoms with Crippen molar-refractivity contribution in [1.82, 2.24) is 10.2 Å². The van der Waals surface area contributed by atoms with Crippen LogP contribution in [0.4, 0.5) is 4.79 Å². The first-order valence-electron chi connectivity index (χ1n) is 9.86. The molecule has 1 aliphatic heterocycles. The van der Waals surface area contributed by atoms with Crippen molar-refractivity contribution in [2.75, 3.05) is 19.6 Å². The average molecular weight is 362 g/mol. The third-order valence-corrected chi connectivity index (χ3v) is 6.03. The van der Waals surface area contributed by atoms with E-state index in [-0.39, 0.29) is 23.1 Å². The predicted octanol–water partition coefficient (Wildman–Crippen LogP) is 4.02. The Kier molecular flexibility index (Phi) is 4.97. The van der Waals surface area contributed by atoms with Crippen molar-refractivity contribution >= 4 is 11.8 Å². The van der Waals surface area contributed by atoms with Crippen LogP contribution in [0.2, 0.25) is 0 Å². The minimum atomic E-state index is 0.00261. The number of likely N-dealkylation sites (tertiary alicyclic amines) is 1. The Hall–Kier alpha value is -2.62. The fraction of sp³-hybridized carbons (Fsp3) is 0.391. The SMILES string of the molecule is O=C(c1ccccc1)C1CCN(C(=O)NCC2(c3ccccc3)CC2)CC1. The van der Waals surface area contributed by atoms with Crippen molar-refractivity contribution in [2.24, 2.45) is 5.92 Å². The van der Waals surface area contributed by atoms with Crippen LogP contribution < -0.4 is 5.32 Å². The molecule has 140 valence electrons. The molecule has 1 heterocycles. The number of amides is 2. The van der Waals surface area contributed by atoms with Gasteiger partial charge in [0, 0.05) is 36.5 Å². The molecule has 2 aliphatic rings. The number of nitrogens with zero attached hydrogens (tertiary/aromatic N) is 1. The molecule has 4 rings (SSSR count). The average Bonchev–Trinajstić information content (AvgIpc) is 3.54. The minimum absolute atomic E-state index is 0.00261. The second kappa shape index (κ2) is 7.55. The largest absolute Gasteiger partial charge is 0.337 e. The molecular weight excluding hydrogens is 336 g/mol. The smallest absolute Gasteiger partial charge is 0.317 e. The van der Waals surface area contributed by atoms with E-state index < -0.39 is 0 Å². The van der Waals surface area contributed by atoms with Crippen LogP contribution in [-0.4, -0.2) is 36.3 Å². The lowest BCUT2D eigenvalue weighted by Gasteiger charge is -2.32. The van der Waals surface area contributed by atoms with Crippen LogP contribution in [0.25, 0.3) is 0 Å². The van der Waals surface area contributed by atoms with E-state index in [4.69, 9.17) is 0 Å². The number of Topliss-reactive ketones (excluding diaryl/α,β-unsaturated/α-hetero) is 1. The number of urea groups is 1. The van der Waals surface area contributed by atoms with Crippen LogP contribution in [0.1, 0.15) is 41.6 Å². The van der Waals surface area contributed by atoms with E-state index in [1.165, 1.54) is 5.56 Å². The van der Waals surface area contributed by atoms with Crippen molar-refractivity contribution in [1.29, 1.82) is 0 Å². The number of hydrogen-bond acceptors (Lipinski definition) is 2. The van der Waals surface area contributed by atoms with E-state index in [2.05, 4.69) is 29.6 Å². The van der Waals surface area contributed by atoms with E-state index in [9.17, 15) is 9.59 Å². The molecule has 1 N–H and O–H groups in total. The summed E-state index contributed by atoms with van der Waals surface area (Å²) in [5.74, 6) is 0.229. The Morgan fingerprint density at radius 3 is 2.11 bits per heavy atom. The van der Waals surface area contributed by atoms with Crippen molar-refractivity contribution in [3.63, 3.8) is 0 Å². The van der Waals surface area contributed by atoms with E-state index in [1.807, 2.05) is 41.3 Å². The number of hydrogen-bond donors (Lipinski definition) is 1. The molecule has 1 saturated heterocycles. The first-order valence-corrected chi connectivity index (χ1v) is 9.86. The van der Waals surface area contributed by atoms with Gasteiger partial charge in [0.15, 0.2) is 5.78 Å². The summed E-state index contributed by atoms with van der Waals surface area (Å²) in [5.41, 5.74) is 2.22.